The van der Waals surface area contributed by atoms with E-state index in [2.05, 4.69) is 9.97 Å². The van der Waals surface area contributed by atoms with Crippen LogP contribution in [0.15, 0.2) is 40.9 Å². The third kappa shape index (κ3) is 4.87. The first kappa shape index (κ1) is 22.1. The smallest absolute Gasteiger partial charge is 0.416 e. The van der Waals surface area contributed by atoms with E-state index in [1.807, 2.05) is 26.8 Å². The molecule has 0 aliphatic carbocycles. The minimum absolute atomic E-state index is 0.219. The van der Waals surface area contributed by atoms with E-state index < -0.39 is 17.3 Å². The highest BCUT2D eigenvalue weighted by atomic mass is 19.4. The van der Waals surface area contributed by atoms with Gasteiger partial charge in [-0.2, -0.15) is 13.2 Å². The molecule has 0 spiro atoms. The standard InChI is InChI=1S/C23H24F3N3O3/c1-22(2,3)32-21(30)29-10-8-14(9-11-29)16-12-18-20(27-13-16)31-19(28-18)15-4-6-17(7-5-15)23(24,25)26/h4-7,12-14H,8-11H2,1-3H3. The number of pyridine rings is 1. The number of amides is 1. The molecule has 1 amide bonds. The molecule has 1 aromatic carbocycles. The van der Waals surface area contributed by atoms with Gasteiger partial charge in [-0.3, -0.25) is 0 Å². The molecule has 1 aliphatic rings. The number of likely N-dealkylation sites (tertiary alicyclic amines) is 1. The van der Waals surface area contributed by atoms with Crippen LogP contribution < -0.4 is 0 Å². The van der Waals surface area contributed by atoms with Gasteiger partial charge in [0.2, 0.25) is 11.6 Å². The first-order chi connectivity index (χ1) is 15.0. The molecule has 0 bridgehead atoms. The molecule has 0 radical (unpaired) electrons. The number of benzene rings is 1. The average Bonchev–Trinajstić information content (AvgIpc) is 3.15. The number of hydrogen-bond donors (Lipinski definition) is 0. The lowest BCUT2D eigenvalue weighted by atomic mass is 9.90. The second kappa shape index (κ2) is 8.11. The number of hydrogen-bond acceptors (Lipinski definition) is 5. The number of alkyl halides is 3. The lowest BCUT2D eigenvalue weighted by Crippen LogP contribution is -2.41. The number of carbonyl (C=O) groups excluding carboxylic acids is 1. The predicted octanol–water partition coefficient (Wildman–Crippen LogP) is 6.02. The highest BCUT2D eigenvalue weighted by Crippen LogP contribution is 2.33. The predicted molar refractivity (Wildman–Crippen MR) is 112 cm³/mol. The van der Waals surface area contributed by atoms with Crippen LogP contribution in [0.5, 0.6) is 0 Å². The van der Waals surface area contributed by atoms with Crippen LogP contribution >= 0.6 is 0 Å². The third-order valence-electron chi connectivity index (χ3n) is 5.35. The maximum Gasteiger partial charge on any atom is 0.416 e. The van der Waals surface area contributed by atoms with Gasteiger partial charge in [0, 0.05) is 24.8 Å². The Morgan fingerprint density at radius 2 is 1.78 bits per heavy atom. The zero-order chi connectivity index (χ0) is 23.1. The highest BCUT2D eigenvalue weighted by molar-refractivity contribution is 5.73. The summed E-state index contributed by atoms with van der Waals surface area (Å²) in [5.74, 6) is 0.440. The van der Waals surface area contributed by atoms with Gasteiger partial charge >= 0.3 is 12.3 Å². The number of rotatable bonds is 2. The van der Waals surface area contributed by atoms with Gasteiger partial charge in [-0.15, -0.1) is 0 Å². The summed E-state index contributed by atoms with van der Waals surface area (Å²) in [4.78, 5) is 22.7. The van der Waals surface area contributed by atoms with Crippen LogP contribution in [0.4, 0.5) is 18.0 Å². The van der Waals surface area contributed by atoms with Gasteiger partial charge in [0.05, 0.1) is 5.56 Å². The summed E-state index contributed by atoms with van der Waals surface area (Å²) in [7, 11) is 0. The number of fused-ring (bicyclic) bond motifs is 1. The Labute approximate surface area is 183 Å². The first-order valence-corrected chi connectivity index (χ1v) is 10.4. The Morgan fingerprint density at radius 1 is 1.12 bits per heavy atom. The van der Waals surface area contributed by atoms with Crippen LogP contribution in [0.25, 0.3) is 22.7 Å². The summed E-state index contributed by atoms with van der Waals surface area (Å²) < 4.78 is 49.4. The fraction of sp³-hybridized carbons (Fsp3) is 0.435. The van der Waals surface area contributed by atoms with Crippen molar-refractivity contribution in [1.82, 2.24) is 14.9 Å². The van der Waals surface area contributed by atoms with Crippen molar-refractivity contribution in [2.24, 2.45) is 0 Å². The molecule has 0 atom stereocenters. The Morgan fingerprint density at radius 3 is 2.38 bits per heavy atom. The zero-order valence-electron chi connectivity index (χ0n) is 18.1. The quantitative estimate of drug-likeness (QED) is 0.480. The minimum Gasteiger partial charge on any atom is -0.444 e. The minimum atomic E-state index is -4.39. The van der Waals surface area contributed by atoms with E-state index in [9.17, 15) is 18.0 Å². The Hall–Kier alpha value is -3.10. The summed E-state index contributed by atoms with van der Waals surface area (Å²) in [6.45, 7) is 6.71. The normalized spacial score (nSPS) is 15.9. The van der Waals surface area contributed by atoms with E-state index >= 15 is 0 Å². The van der Waals surface area contributed by atoms with Gasteiger partial charge in [-0.25, -0.2) is 14.8 Å². The van der Waals surface area contributed by atoms with Crippen LogP contribution in [0, 0.1) is 0 Å². The molecule has 1 fully saturated rings. The van der Waals surface area contributed by atoms with E-state index in [-0.39, 0.29) is 17.9 Å². The van der Waals surface area contributed by atoms with Crippen molar-refractivity contribution < 1.29 is 27.1 Å². The molecule has 1 saturated heterocycles. The van der Waals surface area contributed by atoms with Crippen molar-refractivity contribution >= 4 is 17.3 Å². The fourth-order valence-corrected chi connectivity index (χ4v) is 3.71. The van der Waals surface area contributed by atoms with Crippen LogP contribution in [0.2, 0.25) is 0 Å². The molecule has 4 rings (SSSR count). The number of aromatic nitrogens is 2. The molecule has 32 heavy (non-hydrogen) atoms. The summed E-state index contributed by atoms with van der Waals surface area (Å²) >= 11 is 0. The van der Waals surface area contributed by atoms with Crippen molar-refractivity contribution in [2.45, 2.75) is 51.3 Å². The average molecular weight is 447 g/mol. The summed E-state index contributed by atoms with van der Waals surface area (Å²) in [5.41, 5.74) is 1.06. The fourth-order valence-electron chi connectivity index (χ4n) is 3.71. The van der Waals surface area contributed by atoms with Crippen LogP contribution in [0.3, 0.4) is 0 Å². The van der Waals surface area contributed by atoms with Crippen LogP contribution in [-0.4, -0.2) is 39.7 Å². The molecule has 170 valence electrons. The number of ether oxygens (including phenoxy) is 1. The third-order valence-corrected chi connectivity index (χ3v) is 5.35. The van der Waals surface area contributed by atoms with Gasteiger partial charge in [0.15, 0.2) is 0 Å². The Bertz CT molecular complexity index is 1110. The van der Waals surface area contributed by atoms with E-state index in [1.165, 1.54) is 12.1 Å². The second-order valence-corrected chi connectivity index (χ2v) is 8.93. The molecular formula is C23H24F3N3O3. The molecule has 0 saturated carbocycles. The molecule has 2 aromatic heterocycles. The number of piperidine rings is 1. The molecule has 3 heterocycles. The van der Waals surface area contributed by atoms with Crippen molar-refractivity contribution in [3.63, 3.8) is 0 Å². The molecule has 9 heteroatoms. The maximum atomic E-state index is 12.8. The summed E-state index contributed by atoms with van der Waals surface area (Å²) in [6, 6.07) is 6.57. The summed E-state index contributed by atoms with van der Waals surface area (Å²) in [5, 5.41) is 0. The van der Waals surface area contributed by atoms with Gasteiger partial charge in [0.25, 0.3) is 0 Å². The van der Waals surface area contributed by atoms with Crippen molar-refractivity contribution in [2.75, 3.05) is 13.1 Å². The van der Waals surface area contributed by atoms with E-state index in [0.29, 0.717) is 29.9 Å². The molecule has 3 aromatic rings. The Kier molecular flexibility index (Phi) is 5.60. The van der Waals surface area contributed by atoms with Crippen LogP contribution in [0.1, 0.15) is 50.7 Å². The zero-order valence-corrected chi connectivity index (χ0v) is 18.1. The van der Waals surface area contributed by atoms with Crippen molar-refractivity contribution in [3.8, 4) is 11.5 Å². The van der Waals surface area contributed by atoms with Gasteiger partial charge < -0.3 is 14.1 Å². The second-order valence-electron chi connectivity index (χ2n) is 8.93. The Balaban J connectivity index is 1.46. The van der Waals surface area contributed by atoms with Gasteiger partial charge in [0.1, 0.15) is 11.1 Å². The number of nitrogens with zero attached hydrogens (tertiary/aromatic N) is 3. The van der Waals surface area contributed by atoms with E-state index in [1.54, 1.807) is 11.1 Å². The number of carbonyl (C=O) groups is 1. The summed E-state index contributed by atoms with van der Waals surface area (Å²) in [6.07, 6.45) is -1.42. The SMILES string of the molecule is CC(C)(C)OC(=O)N1CCC(c2cnc3oc(-c4ccc(C(F)(F)F)cc4)nc3c2)CC1. The lowest BCUT2D eigenvalue weighted by Gasteiger charge is -2.33. The molecule has 6 nitrogen and oxygen atoms in total. The van der Waals surface area contributed by atoms with E-state index in [0.717, 1.165) is 30.5 Å². The van der Waals surface area contributed by atoms with E-state index in [4.69, 9.17) is 9.15 Å². The van der Waals surface area contributed by atoms with Crippen molar-refractivity contribution in [1.29, 1.82) is 0 Å². The molecule has 1 aliphatic heterocycles. The molecule has 0 unspecified atom stereocenters. The van der Waals surface area contributed by atoms with Crippen LogP contribution in [-0.2, 0) is 10.9 Å². The monoisotopic (exact) mass is 447 g/mol. The lowest BCUT2D eigenvalue weighted by molar-refractivity contribution is -0.137. The van der Waals surface area contributed by atoms with Crippen molar-refractivity contribution in [3.05, 3.63) is 47.7 Å². The van der Waals surface area contributed by atoms with Gasteiger partial charge in [-0.1, -0.05) is 0 Å². The first-order valence-electron chi connectivity index (χ1n) is 10.4. The van der Waals surface area contributed by atoms with Gasteiger partial charge in [-0.05, 0) is 75.4 Å². The molecule has 0 N–H and O–H groups in total. The molecular weight excluding hydrogens is 423 g/mol. The number of oxazole rings is 1. The largest absolute Gasteiger partial charge is 0.444 e. The maximum absolute atomic E-state index is 12.8. The highest BCUT2D eigenvalue weighted by Gasteiger charge is 2.30. The number of halogens is 3. The topological polar surface area (TPSA) is 68.5 Å².